The van der Waals surface area contributed by atoms with Crippen molar-refractivity contribution in [2.75, 3.05) is 6.54 Å². The number of benzene rings is 1. The summed E-state index contributed by atoms with van der Waals surface area (Å²) in [7, 11) is 2.15. The van der Waals surface area contributed by atoms with Crippen molar-refractivity contribution >= 4 is 10.9 Å². The Bertz CT molecular complexity index is 925. The molecule has 2 aromatic heterocycles. The first-order valence-electron chi connectivity index (χ1n) is 9.02. The van der Waals surface area contributed by atoms with Crippen LogP contribution in [0, 0.1) is 6.92 Å². The van der Waals surface area contributed by atoms with Gasteiger partial charge in [-0.05, 0) is 13.0 Å². The summed E-state index contributed by atoms with van der Waals surface area (Å²) in [5, 5.41) is 1.14. The highest BCUT2D eigenvalue weighted by atomic mass is 15.2. The second kappa shape index (κ2) is 6.23. The van der Waals surface area contributed by atoms with E-state index in [1.165, 1.54) is 17.2 Å². The first kappa shape index (κ1) is 16.2. The van der Waals surface area contributed by atoms with Gasteiger partial charge in [0.1, 0.15) is 11.6 Å². The molecule has 0 fully saturated rings. The molecule has 5 heteroatoms. The molecule has 1 aliphatic rings. The standard InChI is InChI=1S/C20H25N5/c1-13(2)20-23-17-11-25(10-9-18(17)24(20)4)12-19-21-14(3)15-7-5-6-8-16(15)22-19/h5-8,13H,9-12H2,1-4H3. The second-order valence-electron chi connectivity index (χ2n) is 7.28. The molecule has 3 heterocycles. The van der Waals surface area contributed by atoms with Gasteiger partial charge in [-0.15, -0.1) is 0 Å². The summed E-state index contributed by atoms with van der Waals surface area (Å²) < 4.78 is 2.29. The topological polar surface area (TPSA) is 46.8 Å². The number of fused-ring (bicyclic) bond motifs is 2. The maximum atomic E-state index is 4.89. The molecule has 130 valence electrons. The van der Waals surface area contributed by atoms with E-state index in [1.807, 2.05) is 12.1 Å². The average Bonchev–Trinajstić information content (AvgIpc) is 2.91. The van der Waals surface area contributed by atoms with E-state index in [0.29, 0.717) is 5.92 Å². The number of hydrogen-bond donors (Lipinski definition) is 0. The molecular weight excluding hydrogens is 310 g/mol. The van der Waals surface area contributed by atoms with Crippen LogP contribution in [0.15, 0.2) is 24.3 Å². The van der Waals surface area contributed by atoms with E-state index in [4.69, 9.17) is 15.0 Å². The molecule has 1 aromatic carbocycles. The van der Waals surface area contributed by atoms with E-state index in [9.17, 15) is 0 Å². The zero-order chi connectivity index (χ0) is 17.6. The van der Waals surface area contributed by atoms with Gasteiger partial charge in [0.2, 0.25) is 0 Å². The van der Waals surface area contributed by atoms with Crippen molar-refractivity contribution in [1.82, 2.24) is 24.4 Å². The Morgan fingerprint density at radius 1 is 1.12 bits per heavy atom. The lowest BCUT2D eigenvalue weighted by Crippen LogP contribution is -2.31. The highest BCUT2D eigenvalue weighted by Gasteiger charge is 2.24. The van der Waals surface area contributed by atoms with E-state index < -0.39 is 0 Å². The average molecular weight is 335 g/mol. The fourth-order valence-corrected chi connectivity index (χ4v) is 3.82. The first-order chi connectivity index (χ1) is 12.0. The molecule has 0 saturated carbocycles. The van der Waals surface area contributed by atoms with Crippen molar-refractivity contribution in [3.8, 4) is 0 Å². The summed E-state index contributed by atoms with van der Waals surface area (Å²) in [5.74, 6) is 2.54. The number of aryl methyl sites for hydroxylation is 1. The summed E-state index contributed by atoms with van der Waals surface area (Å²) in [4.78, 5) is 16.8. The van der Waals surface area contributed by atoms with E-state index in [2.05, 4.69) is 49.4 Å². The van der Waals surface area contributed by atoms with Crippen molar-refractivity contribution in [3.05, 3.63) is 53.0 Å². The molecule has 1 aliphatic heterocycles. The monoisotopic (exact) mass is 335 g/mol. The predicted molar refractivity (Wildman–Crippen MR) is 99.4 cm³/mol. The lowest BCUT2D eigenvalue weighted by Gasteiger charge is -2.26. The molecule has 0 N–H and O–H groups in total. The fourth-order valence-electron chi connectivity index (χ4n) is 3.82. The molecule has 25 heavy (non-hydrogen) atoms. The quantitative estimate of drug-likeness (QED) is 0.736. The van der Waals surface area contributed by atoms with Crippen molar-refractivity contribution < 1.29 is 0 Å². The van der Waals surface area contributed by atoms with Gasteiger partial charge in [-0.25, -0.2) is 15.0 Å². The summed E-state index contributed by atoms with van der Waals surface area (Å²) in [6, 6.07) is 8.23. The lowest BCUT2D eigenvalue weighted by molar-refractivity contribution is 0.234. The van der Waals surface area contributed by atoms with Gasteiger partial charge in [0, 0.05) is 49.2 Å². The van der Waals surface area contributed by atoms with Gasteiger partial charge in [-0.2, -0.15) is 0 Å². The number of aromatic nitrogens is 4. The van der Waals surface area contributed by atoms with Crippen LogP contribution in [0.5, 0.6) is 0 Å². The van der Waals surface area contributed by atoms with Crippen molar-refractivity contribution in [2.24, 2.45) is 7.05 Å². The van der Waals surface area contributed by atoms with Gasteiger partial charge in [-0.1, -0.05) is 32.0 Å². The normalized spacial score (nSPS) is 15.1. The maximum Gasteiger partial charge on any atom is 0.143 e. The molecule has 0 amide bonds. The highest BCUT2D eigenvalue weighted by molar-refractivity contribution is 5.80. The van der Waals surface area contributed by atoms with Crippen LogP contribution in [0.4, 0.5) is 0 Å². The van der Waals surface area contributed by atoms with E-state index in [-0.39, 0.29) is 0 Å². The molecule has 0 atom stereocenters. The molecule has 0 saturated heterocycles. The summed E-state index contributed by atoms with van der Waals surface area (Å²) in [6.07, 6.45) is 1.04. The van der Waals surface area contributed by atoms with E-state index in [1.54, 1.807) is 0 Å². The van der Waals surface area contributed by atoms with E-state index >= 15 is 0 Å². The third-order valence-electron chi connectivity index (χ3n) is 5.09. The highest BCUT2D eigenvalue weighted by Crippen LogP contribution is 2.24. The zero-order valence-corrected chi connectivity index (χ0v) is 15.5. The van der Waals surface area contributed by atoms with Gasteiger partial charge in [0.25, 0.3) is 0 Å². The van der Waals surface area contributed by atoms with Crippen LogP contribution in [-0.2, 0) is 26.6 Å². The fraction of sp³-hybridized carbons (Fsp3) is 0.450. The van der Waals surface area contributed by atoms with Crippen molar-refractivity contribution in [2.45, 2.75) is 46.2 Å². The van der Waals surface area contributed by atoms with Crippen LogP contribution in [0.3, 0.4) is 0 Å². The van der Waals surface area contributed by atoms with Crippen LogP contribution in [0.1, 0.15) is 48.5 Å². The van der Waals surface area contributed by atoms with Crippen LogP contribution >= 0.6 is 0 Å². The zero-order valence-electron chi connectivity index (χ0n) is 15.5. The summed E-state index contributed by atoms with van der Waals surface area (Å²) in [6.45, 7) is 9.16. The summed E-state index contributed by atoms with van der Waals surface area (Å²) in [5.41, 5.74) is 4.69. The maximum absolute atomic E-state index is 4.89. The van der Waals surface area contributed by atoms with Gasteiger partial charge in [0.15, 0.2) is 0 Å². The van der Waals surface area contributed by atoms with Gasteiger partial charge < -0.3 is 4.57 Å². The SMILES string of the molecule is Cc1nc(CN2CCc3c(nc(C(C)C)n3C)C2)nc2ccccc12. The molecule has 0 bridgehead atoms. The van der Waals surface area contributed by atoms with Gasteiger partial charge in [-0.3, -0.25) is 4.90 Å². The molecule has 0 unspecified atom stereocenters. The van der Waals surface area contributed by atoms with Crippen molar-refractivity contribution in [3.63, 3.8) is 0 Å². The molecule has 3 aromatic rings. The Morgan fingerprint density at radius 3 is 2.72 bits per heavy atom. The van der Waals surface area contributed by atoms with Crippen molar-refractivity contribution in [1.29, 1.82) is 0 Å². The lowest BCUT2D eigenvalue weighted by atomic mass is 10.1. The molecule has 0 spiro atoms. The number of rotatable bonds is 3. The molecular formula is C20H25N5. The Balaban J connectivity index is 1.58. The molecule has 0 radical (unpaired) electrons. The minimum atomic E-state index is 0.454. The predicted octanol–water partition coefficient (Wildman–Crippen LogP) is 3.35. The molecule has 5 nitrogen and oxygen atoms in total. The molecule has 4 rings (SSSR count). The Hall–Kier alpha value is -2.27. The Kier molecular flexibility index (Phi) is 4.04. The molecule has 0 aliphatic carbocycles. The third kappa shape index (κ3) is 2.93. The second-order valence-corrected chi connectivity index (χ2v) is 7.28. The van der Waals surface area contributed by atoms with Crippen LogP contribution in [0.2, 0.25) is 0 Å². The first-order valence-corrected chi connectivity index (χ1v) is 9.02. The largest absolute Gasteiger partial charge is 0.335 e. The Morgan fingerprint density at radius 2 is 1.92 bits per heavy atom. The van der Waals surface area contributed by atoms with Gasteiger partial charge in [0.05, 0.1) is 17.8 Å². The smallest absolute Gasteiger partial charge is 0.143 e. The van der Waals surface area contributed by atoms with E-state index in [0.717, 1.165) is 48.5 Å². The number of hydrogen-bond acceptors (Lipinski definition) is 4. The van der Waals surface area contributed by atoms with Crippen LogP contribution in [-0.4, -0.2) is 31.0 Å². The minimum Gasteiger partial charge on any atom is -0.335 e. The number of imidazole rings is 1. The van der Waals surface area contributed by atoms with Crippen LogP contribution < -0.4 is 0 Å². The number of para-hydroxylation sites is 1. The minimum absolute atomic E-state index is 0.454. The Labute approximate surface area is 148 Å². The number of nitrogens with zero attached hydrogens (tertiary/aromatic N) is 5. The summed E-state index contributed by atoms with van der Waals surface area (Å²) >= 11 is 0. The van der Waals surface area contributed by atoms with Crippen LogP contribution in [0.25, 0.3) is 10.9 Å². The van der Waals surface area contributed by atoms with Gasteiger partial charge >= 0.3 is 0 Å². The third-order valence-corrected chi connectivity index (χ3v) is 5.09.